The Bertz CT molecular complexity index is 436. The lowest BCUT2D eigenvalue weighted by molar-refractivity contribution is 0.413. The maximum atomic E-state index is 11.6. The van der Waals surface area contributed by atoms with Crippen LogP contribution in [0.4, 0.5) is 0 Å². The predicted octanol–water partition coefficient (Wildman–Crippen LogP) is 1.79. The van der Waals surface area contributed by atoms with Gasteiger partial charge in [-0.2, -0.15) is 0 Å². The topological polar surface area (TPSA) is 59.1 Å². The standard InChI is InChI=1S/C11H20N2O2S2/c1-9(2)17(14,15)8-6-13-11(3,4)10-12-5-7-16-10/h5,7,9,13H,6,8H2,1-4H3. The number of hydrogen-bond acceptors (Lipinski definition) is 5. The maximum Gasteiger partial charge on any atom is 0.153 e. The highest BCUT2D eigenvalue weighted by atomic mass is 32.2. The van der Waals surface area contributed by atoms with E-state index in [4.69, 9.17) is 0 Å². The quantitative estimate of drug-likeness (QED) is 0.860. The van der Waals surface area contributed by atoms with E-state index in [1.165, 1.54) is 0 Å². The molecule has 0 aromatic carbocycles. The first-order valence-corrected chi connectivity index (χ1v) is 8.22. The molecular weight excluding hydrogens is 256 g/mol. The largest absolute Gasteiger partial charge is 0.305 e. The number of rotatable bonds is 6. The van der Waals surface area contributed by atoms with Crippen LogP contribution in [0.25, 0.3) is 0 Å². The van der Waals surface area contributed by atoms with Crippen molar-refractivity contribution in [3.8, 4) is 0 Å². The third-order valence-corrected chi connectivity index (χ3v) is 5.95. The summed E-state index contributed by atoms with van der Waals surface area (Å²) in [6, 6.07) is 0. The molecule has 1 aromatic heterocycles. The van der Waals surface area contributed by atoms with Crippen LogP contribution >= 0.6 is 11.3 Å². The molecule has 6 heteroatoms. The summed E-state index contributed by atoms with van der Waals surface area (Å²) < 4.78 is 23.3. The molecule has 1 rings (SSSR count). The second-order valence-corrected chi connectivity index (χ2v) is 8.38. The Labute approximate surface area is 107 Å². The molecule has 4 nitrogen and oxygen atoms in total. The molecule has 1 N–H and O–H groups in total. The molecule has 0 radical (unpaired) electrons. The highest BCUT2D eigenvalue weighted by Crippen LogP contribution is 2.21. The smallest absolute Gasteiger partial charge is 0.153 e. The lowest BCUT2D eigenvalue weighted by Crippen LogP contribution is -2.40. The molecule has 0 saturated carbocycles. The van der Waals surface area contributed by atoms with Gasteiger partial charge in [0.15, 0.2) is 9.84 Å². The van der Waals surface area contributed by atoms with Crippen molar-refractivity contribution in [1.82, 2.24) is 10.3 Å². The highest BCUT2D eigenvalue weighted by Gasteiger charge is 2.24. The molecule has 98 valence electrons. The van der Waals surface area contributed by atoms with Crippen LogP contribution in [0, 0.1) is 0 Å². The Morgan fingerprint density at radius 2 is 2.12 bits per heavy atom. The van der Waals surface area contributed by atoms with E-state index in [1.54, 1.807) is 31.4 Å². The van der Waals surface area contributed by atoms with Gasteiger partial charge in [-0.25, -0.2) is 13.4 Å². The summed E-state index contributed by atoms with van der Waals surface area (Å²) in [5.41, 5.74) is -0.277. The van der Waals surface area contributed by atoms with Gasteiger partial charge in [0.2, 0.25) is 0 Å². The van der Waals surface area contributed by atoms with Crippen molar-refractivity contribution in [2.24, 2.45) is 0 Å². The maximum absolute atomic E-state index is 11.6. The van der Waals surface area contributed by atoms with E-state index < -0.39 is 9.84 Å². The summed E-state index contributed by atoms with van der Waals surface area (Å²) in [7, 11) is -2.97. The van der Waals surface area contributed by atoms with E-state index >= 15 is 0 Å². The fourth-order valence-corrected chi connectivity index (χ4v) is 2.95. The summed E-state index contributed by atoms with van der Waals surface area (Å²) in [5, 5.41) is 5.82. The van der Waals surface area contributed by atoms with E-state index in [2.05, 4.69) is 10.3 Å². The number of sulfone groups is 1. The molecule has 17 heavy (non-hydrogen) atoms. The number of nitrogens with one attached hydrogen (secondary N) is 1. The number of hydrogen-bond donors (Lipinski definition) is 1. The second-order valence-electron chi connectivity index (χ2n) is 4.80. The van der Waals surface area contributed by atoms with Crippen LogP contribution in [0.2, 0.25) is 0 Å². The van der Waals surface area contributed by atoms with Gasteiger partial charge in [-0.15, -0.1) is 11.3 Å². The Balaban J connectivity index is 2.52. The first-order valence-electron chi connectivity index (χ1n) is 5.62. The number of aromatic nitrogens is 1. The van der Waals surface area contributed by atoms with E-state index in [0.717, 1.165) is 5.01 Å². The molecule has 1 aromatic rings. The predicted molar refractivity (Wildman–Crippen MR) is 72.1 cm³/mol. The monoisotopic (exact) mass is 276 g/mol. The first-order chi connectivity index (χ1) is 7.76. The van der Waals surface area contributed by atoms with Crippen LogP contribution in [0.1, 0.15) is 32.7 Å². The van der Waals surface area contributed by atoms with Crippen molar-refractivity contribution in [1.29, 1.82) is 0 Å². The van der Waals surface area contributed by atoms with Crippen molar-refractivity contribution < 1.29 is 8.42 Å². The molecule has 1 heterocycles. The molecular formula is C11H20N2O2S2. The Kier molecular flexibility index (Phi) is 4.69. The molecule has 0 bridgehead atoms. The minimum atomic E-state index is -2.97. The van der Waals surface area contributed by atoms with Crippen molar-refractivity contribution in [3.05, 3.63) is 16.6 Å². The van der Waals surface area contributed by atoms with Crippen LogP contribution in [-0.4, -0.2) is 30.9 Å². The van der Waals surface area contributed by atoms with Gasteiger partial charge in [-0.1, -0.05) is 0 Å². The number of nitrogens with zero attached hydrogens (tertiary/aromatic N) is 1. The zero-order chi connectivity index (χ0) is 13.1. The van der Waals surface area contributed by atoms with Crippen LogP contribution in [0.3, 0.4) is 0 Å². The van der Waals surface area contributed by atoms with Gasteiger partial charge < -0.3 is 5.32 Å². The van der Waals surface area contributed by atoms with Crippen molar-refractivity contribution in [3.63, 3.8) is 0 Å². The second kappa shape index (κ2) is 5.46. The molecule has 0 aliphatic carbocycles. The molecule has 0 fully saturated rings. The van der Waals surface area contributed by atoms with Gasteiger partial charge in [0, 0.05) is 18.1 Å². The summed E-state index contributed by atoms with van der Waals surface area (Å²) in [6.07, 6.45) is 1.76. The van der Waals surface area contributed by atoms with E-state index in [-0.39, 0.29) is 16.5 Å². The van der Waals surface area contributed by atoms with Crippen molar-refractivity contribution in [2.45, 2.75) is 38.5 Å². The van der Waals surface area contributed by atoms with Crippen LogP contribution in [0.15, 0.2) is 11.6 Å². The minimum absolute atomic E-state index is 0.166. The van der Waals surface area contributed by atoms with E-state index in [0.29, 0.717) is 6.54 Å². The van der Waals surface area contributed by atoms with Crippen LogP contribution < -0.4 is 5.32 Å². The van der Waals surface area contributed by atoms with Gasteiger partial charge >= 0.3 is 0 Å². The summed E-state index contributed by atoms with van der Waals surface area (Å²) in [6.45, 7) is 7.89. The van der Waals surface area contributed by atoms with Crippen molar-refractivity contribution in [2.75, 3.05) is 12.3 Å². The fraction of sp³-hybridized carbons (Fsp3) is 0.727. The van der Waals surface area contributed by atoms with Gasteiger partial charge in [0.05, 0.1) is 16.5 Å². The molecule has 0 saturated heterocycles. The fourth-order valence-electron chi connectivity index (χ4n) is 1.35. The average molecular weight is 276 g/mol. The zero-order valence-corrected chi connectivity index (χ0v) is 12.4. The first kappa shape index (κ1) is 14.6. The normalized spacial score (nSPS) is 13.2. The zero-order valence-electron chi connectivity index (χ0n) is 10.7. The third-order valence-electron chi connectivity index (χ3n) is 2.64. The Morgan fingerprint density at radius 1 is 1.47 bits per heavy atom. The lowest BCUT2D eigenvalue weighted by Gasteiger charge is -2.24. The van der Waals surface area contributed by atoms with E-state index in [9.17, 15) is 8.42 Å². The Morgan fingerprint density at radius 3 is 2.59 bits per heavy atom. The molecule has 0 aliphatic heterocycles. The molecule has 0 aliphatic rings. The van der Waals surface area contributed by atoms with Gasteiger partial charge in [-0.05, 0) is 27.7 Å². The summed E-state index contributed by atoms with van der Waals surface area (Å²) in [5.74, 6) is 0.166. The lowest BCUT2D eigenvalue weighted by atomic mass is 10.1. The summed E-state index contributed by atoms with van der Waals surface area (Å²) in [4.78, 5) is 4.24. The van der Waals surface area contributed by atoms with Gasteiger partial charge in [-0.3, -0.25) is 0 Å². The van der Waals surface area contributed by atoms with Gasteiger partial charge in [0.1, 0.15) is 5.01 Å². The highest BCUT2D eigenvalue weighted by molar-refractivity contribution is 7.92. The Hall–Kier alpha value is -0.460. The van der Waals surface area contributed by atoms with Crippen molar-refractivity contribution >= 4 is 21.2 Å². The van der Waals surface area contributed by atoms with Crippen LogP contribution in [-0.2, 0) is 15.4 Å². The molecule has 0 unspecified atom stereocenters. The van der Waals surface area contributed by atoms with Gasteiger partial charge in [0.25, 0.3) is 0 Å². The molecule has 0 atom stereocenters. The SMILES string of the molecule is CC(C)S(=O)(=O)CCNC(C)(C)c1nccs1. The molecule has 0 spiro atoms. The van der Waals surface area contributed by atoms with E-state index in [1.807, 2.05) is 19.2 Å². The molecule has 0 amide bonds. The number of thiazole rings is 1. The average Bonchev–Trinajstić information content (AvgIpc) is 2.69. The minimum Gasteiger partial charge on any atom is -0.305 e. The summed E-state index contributed by atoms with van der Waals surface area (Å²) >= 11 is 1.57. The van der Waals surface area contributed by atoms with Crippen LogP contribution in [0.5, 0.6) is 0 Å². The third kappa shape index (κ3) is 4.04.